The molecule has 12 heteroatoms. The van der Waals surface area contributed by atoms with Crippen molar-refractivity contribution in [3.63, 3.8) is 0 Å². The third kappa shape index (κ3) is 9.88. The fourth-order valence-electron chi connectivity index (χ4n) is 4.90. The molecule has 3 rings (SSSR count). The molecule has 0 aromatic heterocycles. The molecule has 2 aromatic rings. The van der Waals surface area contributed by atoms with E-state index in [4.69, 9.17) is 11.5 Å². The van der Waals surface area contributed by atoms with Gasteiger partial charge in [-0.2, -0.15) is 0 Å². The first-order valence-corrected chi connectivity index (χ1v) is 14.1. The van der Waals surface area contributed by atoms with E-state index in [0.29, 0.717) is 57.0 Å². The Morgan fingerprint density at radius 1 is 1.02 bits per heavy atom. The molecule has 4 unspecified atom stereocenters. The minimum Gasteiger partial charge on any atom is -0.508 e. The summed E-state index contributed by atoms with van der Waals surface area (Å²) in [5.74, 6) is -1.57. The van der Waals surface area contributed by atoms with Gasteiger partial charge in [0.1, 0.15) is 30.2 Å². The third-order valence-corrected chi connectivity index (χ3v) is 7.15. The SMILES string of the molecule is NC(N)=NCCCC(C=O)NC(=O)C1CCCN1C(=O)C(CCc1ccccc1)NC(=O)C(O)Cc1ccc(O)cc1. The van der Waals surface area contributed by atoms with Crippen molar-refractivity contribution in [1.82, 2.24) is 15.5 Å². The molecule has 8 N–H and O–H groups in total. The van der Waals surface area contributed by atoms with Crippen LogP contribution in [0, 0.1) is 0 Å². The lowest BCUT2D eigenvalue weighted by molar-refractivity contribution is -0.143. The maximum absolute atomic E-state index is 13.8. The van der Waals surface area contributed by atoms with Gasteiger partial charge in [0.2, 0.25) is 17.7 Å². The first-order valence-electron chi connectivity index (χ1n) is 14.1. The lowest BCUT2D eigenvalue weighted by Crippen LogP contribution is -2.56. The lowest BCUT2D eigenvalue weighted by Gasteiger charge is -2.30. The Bertz CT molecular complexity index is 1220. The molecule has 1 heterocycles. The van der Waals surface area contributed by atoms with Crippen LogP contribution in [0.1, 0.15) is 43.2 Å². The highest BCUT2D eigenvalue weighted by Gasteiger charge is 2.38. The Morgan fingerprint density at radius 3 is 2.40 bits per heavy atom. The van der Waals surface area contributed by atoms with Gasteiger partial charge < -0.3 is 42.0 Å². The summed E-state index contributed by atoms with van der Waals surface area (Å²) < 4.78 is 0. The van der Waals surface area contributed by atoms with E-state index < -0.39 is 42.0 Å². The maximum Gasteiger partial charge on any atom is 0.249 e. The van der Waals surface area contributed by atoms with Crippen LogP contribution >= 0.6 is 0 Å². The summed E-state index contributed by atoms with van der Waals surface area (Å²) in [4.78, 5) is 56.8. The quantitative estimate of drug-likeness (QED) is 0.0739. The van der Waals surface area contributed by atoms with E-state index in [2.05, 4.69) is 15.6 Å². The molecule has 42 heavy (non-hydrogen) atoms. The Balaban J connectivity index is 1.68. The lowest BCUT2D eigenvalue weighted by atomic mass is 10.0. The van der Waals surface area contributed by atoms with Crippen molar-refractivity contribution in [3.8, 4) is 5.75 Å². The number of aldehydes is 1. The average molecular weight is 581 g/mol. The number of aliphatic hydroxyl groups is 1. The molecule has 0 aliphatic carbocycles. The molecule has 0 spiro atoms. The number of nitrogens with zero attached hydrogens (tertiary/aromatic N) is 2. The minimum atomic E-state index is -1.42. The zero-order valence-corrected chi connectivity index (χ0v) is 23.5. The number of aryl methyl sites for hydroxylation is 1. The van der Waals surface area contributed by atoms with Crippen LogP contribution < -0.4 is 22.1 Å². The number of phenols is 1. The molecular formula is C30H40N6O6. The summed E-state index contributed by atoms with van der Waals surface area (Å²) >= 11 is 0. The zero-order chi connectivity index (χ0) is 30.5. The van der Waals surface area contributed by atoms with Crippen LogP contribution in [0.25, 0.3) is 0 Å². The summed E-state index contributed by atoms with van der Waals surface area (Å²) in [6.07, 6.45) is 1.78. The van der Waals surface area contributed by atoms with Gasteiger partial charge in [-0.15, -0.1) is 0 Å². The van der Waals surface area contributed by atoms with E-state index in [1.54, 1.807) is 12.1 Å². The number of aromatic hydroxyl groups is 1. The number of nitrogens with two attached hydrogens (primary N) is 2. The molecule has 226 valence electrons. The van der Waals surface area contributed by atoms with Crippen molar-refractivity contribution in [1.29, 1.82) is 0 Å². The van der Waals surface area contributed by atoms with E-state index in [-0.39, 0.29) is 24.6 Å². The van der Waals surface area contributed by atoms with Crippen molar-refractivity contribution >= 4 is 30.0 Å². The second-order valence-corrected chi connectivity index (χ2v) is 10.4. The van der Waals surface area contributed by atoms with Gasteiger partial charge in [0.15, 0.2) is 5.96 Å². The first-order chi connectivity index (χ1) is 20.2. The predicted octanol–water partition coefficient (Wildman–Crippen LogP) is 0.142. The molecule has 1 aliphatic heterocycles. The van der Waals surface area contributed by atoms with Crippen molar-refractivity contribution in [2.24, 2.45) is 16.5 Å². The Morgan fingerprint density at radius 2 is 1.74 bits per heavy atom. The second-order valence-electron chi connectivity index (χ2n) is 10.4. The Kier molecular flexibility index (Phi) is 12.3. The maximum atomic E-state index is 13.8. The van der Waals surface area contributed by atoms with Crippen LogP contribution in [0.3, 0.4) is 0 Å². The number of aliphatic imine (C=N–C) groups is 1. The summed E-state index contributed by atoms with van der Waals surface area (Å²) in [5.41, 5.74) is 12.2. The average Bonchev–Trinajstić information content (AvgIpc) is 3.48. The van der Waals surface area contributed by atoms with Gasteiger partial charge in [-0.1, -0.05) is 42.5 Å². The number of amides is 3. The van der Waals surface area contributed by atoms with Crippen molar-refractivity contribution in [2.45, 2.75) is 69.2 Å². The molecule has 2 aromatic carbocycles. The van der Waals surface area contributed by atoms with E-state index in [1.807, 2.05) is 30.3 Å². The topological polar surface area (TPSA) is 200 Å². The van der Waals surface area contributed by atoms with Gasteiger partial charge in [0.05, 0.1) is 6.04 Å². The van der Waals surface area contributed by atoms with Gasteiger partial charge in [-0.05, 0) is 61.8 Å². The fourth-order valence-corrected chi connectivity index (χ4v) is 4.90. The number of guanidine groups is 1. The predicted molar refractivity (Wildman–Crippen MR) is 157 cm³/mol. The van der Waals surface area contributed by atoms with Crippen LogP contribution in [-0.4, -0.2) is 82.4 Å². The van der Waals surface area contributed by atoms with Crippen molar-refractivity contribution in [3.05, 3.63) is 65.7 Å². The van der Waals surface area contributed by atoms with Crippen molar-refractivity contribution < 1.29 is 29.4 Å². The van der Waals surface area contributed by atoms with Crippen LogP contribution in [0.15, 0.2) is 59.6 Å². The molecule has 12 nitrogen and oxygen atoms in total. The summed E-state index contributed by atoms with van der Waals surface area (Å²) in [6, 6.07) is 13.1. The minimum absolute atomic E-state index is 0.00325. The molecule has 1 fully saturated rings. The molecule has 0 saturated carbocycles. The van der Waals surface area contributed by atoms with Crippen molar-refractivity contribution in [2.75, 3.05) is 13.1 Å². The zero-order valence-electron chi connectivity index (χ0n) is 23.5. The van der Waals surface area contributed by atoms with E-state index in [1.165, 1.54) is 17.0 Å². The number of carbonyl (C=O) groups excluding carboxylic acids is 4. The number of rotatable bonds is 15. The number of benzene rings is 2. The van der Waals surface area contributed by atoms with Crippen LogP contribution in [0.4, 0.5) is 0 Å². The Labute approximate surface area is 245 Å². The number of nitrogens with one attached hydrogen (secondary N) is 2. The molecule has 0 radical (unpaired) electrons. The summed E-state index contributed by atoms with van der Waals surface area (Å²) in [5, 5.41) is 25.5. The van der Waals surface area contributed by atoms with E-state index >= 15 is 0 Å². The number of hydrogen-bond donors (Lipinski definition) is 6. The highest BCUT2D eigenvalue weighted by molar-refractivity contribution is 5.94. The highest BCUT2D eigenvalue weighted by atomic mass is 16.3. The largest absolute Gasteiger partial charge is 0.508 e. The van der Waals surface area contributed by atoms with Crippen LogP contribution in [-0.2, 0) is 32.0 Å². The molecule has 0 bridgehead atoms. The number of phenolic OH excluding ortho intramolecular Hbond substituents is 1. The highest BCUT2D eigenvalue weighted by Crippen LogP contribution is 2.21. The van der Waals surface area contributed by atoms with Gasteiger partial charge in [0.25, 0.3) is 0 Å². The first kappa shape index (κ1) is 32.1. The Hall–Kier alpha value is -4.45. The smallest absolute Gasteiger partial charge is 0.249 e. The van der Waals surface area contributed by atoms with Crippen LogP contribution in [0.5, 0.6) is 5.75 Å². The summed E-state index contributed by atoms with van der Waals surface area (Å²) in [6.45, 7) is 0.638. The monoisotopic (exact) mass is 580 g/mol. The molecular weight excluding hydrogens is 540 g/mol. The molecule has 1 aliphatic rings. The van der Waals surface area contributed by atoms with E-state index in [0.717, 1.165) is 5.56 Å². The van der Waals surface area contributed by atoms with Gasteiger partial charge >= 0.3 is 0 Å². The molecule has 1 saturated heterocycles. The van der Waals surface area contributed by atoms with E-state index in [9.17, 15) is 29.4 Å². The fraction of sp³-hybridized carbons (Fsp3) is 0.433. The number of aliphatic hydroxyl groups excluding tert-OH is 1. The van der Waals surface area contributed by atoms with Gasteiger partial charge in [0, 0.05) is 19.5 Å². The third-order valence-electron chi connectivity index (χ3n) is 7.15. The van der Waals surface area contributed by atoms with Gasteiger partial charge in [-0.3, -0.25) is 19.4 Å². The second kappa shape index (κ2) is 16.1. The number of carbonyl (C=O) groups is 4. The van der Waals surface area contributed by atoms with Gasteiger partial charge in [-0.25, -0.2) is 0 Å². The van der Waals surface area contributed by atoms with Crippen LogP contribution in [0.2, 0.25) is 0 Å². The summed E-state index contributed by atoms with van der Waals surface area (Å²) in [7, 11) is 0. The molecule has 3 amide bonds. The normalized spacial score (nSPS) is 16.6. The number of hydrogen-bond acceptors (Lipinski definition) is 7. The molecule has 4 atom stereocenters. The standard InChI is InChI=1S/C30H40N6O6/c31-30(32)33-16-4-8-22(19-37)34-27(40)25-9-5-17-36(25)29(42)24(15-12-20-6-2-1-3-7-20)35-28(41)26(39)18-21-10-13-23(38)14-11-21/h1-3,6-7,10-11,13-14,19,22,24-26,38-39H,4-5,8-9,12,15-18H2,(H,34,40)(H,35,41)(H4,31,32,33). The number of likely N-dealkylation sites (tertiary alicyclic amines) is 1.